The molecule has 0 saturated heterocycles. The number of nitrogens with zero attached hydrogens (tertiary/aromatic N) is 1. The number of hydrogen-bond donors (Lipinski definition) is 0. The zero-order valence-electron chi connectivity index (χ0n) is 9.29. The van der Waals surface area contributed by atoms with Gasteiger partial charge in [-0.05, 0) is 50.2 Å². The fourth-order valence-electron chi connectivity index (χ4n) is 1.81. The molecule has 0 radical (unpaired) electrons. The molecule has 1 fully saturated rings. The van der Waals surface area contributed by atoms with E-state index in [9.17, 15) is 0 Å². The molecule has 0 unspecified atom stereocenters. The molecule has 0 atom stereocenters. The summed E-state index contributed by atoms with van der Waals surface area (Å²) in [4.78, 5) is 4.63. The highest BCUT2D eigenvalue weighted by molar-refractivity contribution is 5.57. The summed E-state index contributed by atoms with van der Waals surface area (Å²) in [5.74, 6) is 1.70. The van der Waals surface area contributed by atoms with Crippen molar-refractivity contribution < 1.29 is 0 Å². The molecular weight excluding hydrogens is 158 g/mol. The van der Waals surface area contributed by atoms with E-state index >= 15 is 0 Å². The van der Waals surface area contributed by atoms with E-state index in [2.05, 4.69) is 32.0 Å². The van der Waals surface area contributed by atoms with E-state index in [4.69, 9.17) is 0 Å². The zero-order chi connectivity index (χ0) is 9.68. The highest BCUT2D eigenvalue weighted by Crippen LogP contribution is 2.25. The number of rotatable bonds is 3. The van der Waals surface area contributed by atoms with Gasteiger partial charge in [-0.15, -0.1) is 0 Å². The Hall–Kier alpha value is -0.330. The summed E-state index contributed by atoms with van der Waals surface area (Å²) < 4.78 is 0. The maximum absolute atomic E-state index is 4.63. The van der Waals surface area contributed by atoms with Crippen LogP contribution in [0, 0.1) is 11.8 Å². The van der Waals surface area contributed by atoms with Crippen LogP contribution in [0.2, 0.25) is 0 Å². The minimum Gasteiger partial charge on any atom is -0.294 e. The Balaban J connectivity index is 2.18. The van der Waals surface area contributed by atoms with Crippen molar-refractivity contribution in [2.24, 2.45) is 16.8 Å². The van der Waals surface area contributed by atoms with Gasteiger partial charge in [0.1, 0.15) is 0 Å². The van der Waals surface area contributed by atoms with Crippen LogP contribution in [0.25, 0.3) is 0 Å². The quantitative estimate of drug-likeness (QED) is 0.589. The molecule has 0 spiro atoms. The molecule has 1 aliphatic rings. The third-order valence-electron chi connectivity index (χ3n) is 2.88. The van der Waals surface area contributed by atoms with Gasteiger partial charge in [0.05, 0.1) is 0 Å². The average Bonchev–Trinajstić information content (AvgIpc) is 2.08. The molecule has 0 aromatic rings. The van der Waals surface area contributed by atoms with Crippen molar-refractivity contribution in [2.45, 2.75) is 58.9 Å². The van der Waals surface area contributed by atoms with Crippen molar-refractivity contribution in [1.29, 1.82) is 0 Å². The summed E-state index contributed by atoms with van der Waals surface area (Å²) in [6.07, 6.45) is 8.68. The molecule has 0 N–H and O–H groups in total. The second kappa shape index (κ2) is 5.41. The van der Waals surface area contributed by atoms with E-state index in [0.717, 1.165) is 18.3 Å². The first-order valence-electron chi connectivity index (χ1n) is 5.70. The second-order valence-corrected chi connectivity index (χ2v) is 4.87. The fraction of sp³-hybridized carbons (Fsp3) is 0.917. The van der Waals surface area contributed by atoms with Gasteiger partial charge in [0.25, 0.3) is 0 Å². The van der Waals surface area contributed by atoms with Gasteiger partial charge in [0.15, 0.2) is 0 Å². The summed E-state index contributed by atoms with van der Waals surface area (Å²) in [6.45, 7) is 6.85. The molecule has 1 aliphatic carbocycles. The fourth-order valence-corrected chi connectivity index (χ4v) is 1.81. The smallest absolute Gasteiger partial charge is 0.0495 e. The molecule has 0 aromatic heterocycles. The summed E-state index contributed by atoms with van der Waals surface area (Å²) in [6, 6.07) is 0.648. The Kier molecular flexibility index (Phi) is 4.47. The Labute approximate surface area is 82.6 Å². The highest BCUT2D eigenvalue weighted by atomic mass is 14.8. The second-order valence-electron chi connectivity index (χ2n) is 4.87. The maximum Gasteiger partial charge on any atom is 0.0495 e. The molecule has 1 nitrogen and oxygen atoms in total. The lowest BCUT2D eigenvalue weighted by Gasteiger charge is -2.23. The monoisotopic (exact) mass is 181 g/mol. The predicted octanol–water partition coefficient (Wildman–Crippen LogP) is 3.68. The van der Waals surface area contributed by atoms with Gasteiger partial charge in [-0.2, -0.15) is 0 Å². The van der Waals surface area contributed by atoms with Crippen LogP contribution in [0.3, 0.4) is 0 Å². The van der Waals surface area contributed by atoms with Crippen LogP contribution < -0.4 is 0 Å². The average molecular weight is 181 g/mol. The van der Waals surface area contributed by atoms with Gasteiger partial charge in [-0.25, -0.2) is 0 Å². The minimum atomic E-state index is 0.648. The first-order chi connectivity index (χ1) is 6.18. The van der Waals surface area contributed by atoms with Gasteiger partial charge < -0.3 is 0 Å². The molecule has 0 heterocycles. The molecule has 1 heteroatoms. The lowest BCUT2D eigenvalue weighted by atomic mass is 9.88. The van der Waals surface area contributed by atoms with E-state index in [-0.39, 0.29) is 0 Å². The van der Waals surface area contributed by atoms with Crippen molar-refractivity contribution in [2.75, 3.05) is 0 Å². The molecule has 76 valence electrons. The van der Waals surface area contributed by atoms with Crippen LogP contribution >= 0.6 is 0 Å². The molecule has 1 saturated carbocycles. The van der Waals surface area contributed by atoms with Gasteiger partial charge in [-0.3, -0.25) is 4.99 Å². The number of hydrogen-bond acceptors (Lipinski definition) is 1. The number of aliphatic imine (C=N–C) groups is 1. The van der Waals surface area contributed by atoms with Gasteiger partial charge in [-0.1, -0.05) is 20.8 Å². The molecule has 1 rings (SSSR count). The van der Waals surface area contributed by atoms with E-state index in [0.29, 0.717) is 6.04 Å². The van der Waals surface area contributed by atoms with Crippen molar-refractivity contribution >= 4 is 6.21 Å². The van der Waals surface area contributed by atoms with Crippen LogP contribution in [-0.2, 0) is 0 Å². The Morgan fingerprint density at radius 3 is 2.38 bits per heavy atom. The Bertz CT molecular complexity index is 153. The van der Waals surface area contributed by atoms with Gasteiger partial charge in [0, 0.05) is 6.04 Å². The van der Waals surface area contributed by atoms with Crippen molar-refractivity contribution in [3.05, 3.63) is 0 Å². The Morgan fingerprint density at radius 2 is 1.85 bits per heavy atom. The summed E-state index contributed by atoms with van der Waals surface area (Å²) in [5, 5.41) is 0. The summed E-state index contributed by atoms with van der Waals surface area (Å²) >= 11 is 0. The largest absolute Gasteiger partial charge is 0.294 e. The van der Waals surface area contributed by atoms with E-state index in [1.54, 1.807) is 0 Å². The van der Waals surface area contributed by atoms with Crippen LogP contribution in [0.15, 0.2) is 4.99 Å². The van der Waals surface area contributed by atoms with Gasteiger partial charge >= 0.3 is 0 Å². The minimum absolute atomic E-state index is 0.648. The van der Waals surface area contributed by atoms with Crippen molar-refractivity contribution in [1.82, 2.24) is 0 Å². The Morgan fingerprint density at radius 1 is 1.23 bits per heavy atom. The first-order valence-corrected chi connectivity index (χ1v) is 5.70. The molecule has 0 aliphatic heterocycles. The normalized spacial score (nSPS) is 30.2. The van der Waals surface area contributed by atoms with E-state index < -0.39 is 0 Å². The third kappa shape index (κ3) is 4.44. The third-order valence-corrected chi connectivity index (χ3v) is 2.88. The molecule has 13 heavy (non-hydrogen) atoms. The van der Waals surface area contributed by atoms with Crippen LogP contribution in [-0.4, -0.2) is 12.3 Å². The van der Waals surface area contributed by atoms with Crippen LogP contribution in [0.5, 0.6) is 0 Å². The zero-order valence-corrected chi connectivity index (χ0v) is 9.29. The lowest BCUT2D eigenvalue weighted by Crippen LogP contribution is -2.15. The molecule has 0 bridgehead atoms. The summed E-state index contributed by atoms with van der Waals surface area (Å²) in [7, 11) is 0. The summed E-state index contributed by atoms with van der Waals surface area (Å²) in [5.41, 5.74) is 0. The van der Waals surface area contributed by atoms with Gasteiger partial charge in [0.2, 0.25) is 0 Å². The first kappa shape index (κ1) is 10.7. The van der Waals surface area contributed by atoms with Crippen molar-refractivity contribution in [3.8, 4) is 0 Å². The predicted molar refractivity (Wildman–Crippen MR) is 59.4 cm³/mol. The lowest BCUT2D eigenvalue weighted by molar-refractivity contribution is 0.349. The maximum atomic E-state index is 4.63. The van der Waals surface area contributed by atoms with E-state index in [1.807, 2.05) is 0 Å². The topological polar surface area (TPSA) is 12.4 Å². The SMILES string of the molecule is CC(C)CC=NC1CCC(C)CC1. The van der Waals surface area contributed by atoms with Crippen LogP contribution in [0.4, 0.5) is 0 Å². The standard InChI is InChI=1S/C12H23N/c1-10(2)8-9-13-12-6-4-11(3)5-7-12/h9-12H,4-8H2,1-3H3. The van der Waals surface area contributed by atoms with E-state index in [1.165, 1.54) is 25.7 Å². The molecule has 0 amide bonds. The molecule has 0 aromatic carbocycles. The molecular formula is C12H23N. The highest BCUT2D eigenvalue weighted by Gasteiger charge is 2.16. The van der Waals surface area contributed by atoms with Crippen molar-refractivity contribution in [3.63, 3.8) is 0 Å². The van der Waals surface area contributed by atoms with Crippen LogP contribution in [0.1, 0.15) is 52.9 Å².